The summed E-state index contributed by atoms with van der Waals surface area (Å²) in [6.45, 7) is 0.170. The number of hydrogen-bond acceptors (Lipinski definition) is 6. The summed E-state index contributed by atoms with van der Waals surface area (Å²) in [5.74, 6) is 0. The van der Waals surface area contributed by atoms with Gasteiger partial charge in [0.25, 0.3) is 11.1 Å². The molecule has 0 bridgehead atoms. The van der Waals surface area contributed by atoms with Gasteiger partial charge in [0.15, 0.2) is 0 Å². The zero-order chi connectivity index (χ0) is 10.8. The van der Waals surface area contributed by atoms with Crippen LogP contribution in [0.2, 0.25) is 0 Å². The first-order valence-electron chi connectivity index (χ1n) is 4.03. The molecule has 8 heteroatoms. The van der Waals surface area contributed by atoms with Crippen molar-refractivity contribution in [3.8, 4) is 0 Å². The van der Waals surface area contributed by atoms with Crippen molar-refractivity contribution in [2.45, 2.75) is 6.54 Å². The van der Waals surface area contributed by atoms with Crippen LogP contribution in [-0.4, -0.2) is 20.0 Å². The highest BCUT2D eigenvalue weighted by atomic mass is 32.1. The second-order valence-electron chi connectivity index (χ2n) is 2.77. The maximum atomic E-state index is 11.3. The third-order valence-electron chi connectivity index (χ3n) is 1.66. The minimum Gasteiger partial charge on any atom is -0.374 e. The fraction of sp³-hybridized carbons (Fsp3) is 0.143. The molecule has 78 valence electrons. The molecule has 2 rings (SSSR count). The first kappa shape index (κ1) is 9.59. The van der Waals surface area contributed by atoms with Gasteiger partial charge in [-0.1, -0.05) is 11.3 Å². The Labute approximate surface area is 87.2 Å². The van der Waals surface area contributed by atoms with Gasteiger partial charge in [0, 0.05) is 12.1 Å². The molecule has 3 N–H and O–H groups in total. The predicted molar refractivity (Wildman–Crippen MR) is 54.7 cm³/mol. The second kappa shape index (κ2) is 3.65. The molecule has 0 radical (unpaired) electrons. The lowest BCUT2D eigenvalue weighted by molar-refractivity contribution is 0.621. The van der Waals surface area contributed by atoms with Crippen LogP contribution in [0.5, 0.6) is 0 Å². The average Bonchev–Trinajstić information content (AvgIpc) is 2.58. The molecule has 0 unspecified atom stereocenters. The number of rotatable bonds is 2. The lowest BCUT2D eigenvalue weighted by atomic mass is 10.5. The van der Waals surface area contributed by atoms with Crippen LogP contribution >= 0.6 is 11.3 Å². The van der Waals surface area contributed by atoms with E-state index in [-0.39, 0.29) is 17.7 Å². The Morgan fingerprint density at radius 3 is 2.87 bits per heavy atom. The number of anilines is 1. The van der Waals surface area contributed by atoms with Crippen LogP contribution in [0.25, 0.3) is 0 Å². The molecule has 0 fully saturated rings. The van der Waals surface area contributed by atoms with Crippen molar-refractivity contribution in [2.24, 2.45) is 0 Å². The van der Waals surface area contributed by atoms with Crippen molar-refractivity contribution in [1.29, 1.82) is 0 Å². The smallest absolute Gasteiger partial charge is 0.265 e. The number of nitrogens with zero attached hydrogens (tertiary/aromatic N) is 3. The Morgan fingerprint density at radius 1 is 1.40 bits per heavy atom. The van der Waals surface area contributed by atoms with Gasteiger partial charge < -0.3 is 5.73 Å². The summed E-state index contributed by atoms with van der Waals surface area (Å²) in [7, 11) is 0. The maximum Gasteiger partial charge on any atom is 0.265 e. The highest BCUT2D eigenvalue weighted by Crippen LogP contribution is 2.10. The summed E-state index contributed by atoms with van der Waals surface area (Å²) in [5, 5.41) is 10.6. The van der Waals surface area contributed by atoms with Gasteiger partial charge in [-0.05, 0) is 0 Å². The van der Waals surface area contributed by atoms with Gasteiger partial charge in [-0.25, -0.2) is 4.68 Å². The molecule has 0 aliphatic carbocycles. The Bertz CT molecular complexity index is 583. The van der Waals surface area contributed by atoms with Crippen molar-refractivity contribution >= 4 is 16.5 Å². The fourth-order valence-corrected chi connectivity index (χ4v) is 1.64. The van der Waals surface area contributed by atoms with Gasteiger partial charge in [-0.3, -0.25) is 14.7 Å². The molecule has 0 saturated carbocycles. The number of hydrogen-bond donors (Lipinski definition) is 2. The molecule has 15 heavy (non-hydrogen) atoms. The van der Waals surface area contributed by atoms with Crippen LogP contribution < -0.4 is 16.9 Å². The molecule has 0 amide bonds. The number of aromatic nitrogens is 4. The Balaban J connectivity index is 2.35. The molecule has 2 heterocycles. The van der Waals surface area contributed by atoms with Gasteiger partial charge in [-0.2, -0.15) is 0 Å². The van der Waals surface area contributed by atoms with Crippen molar-refractivity contribution < 1.29 is 0 Å². The summed E-state index contributed by atoms with van der Waals surface area (Å²) in [6.07, 6.45) is 0. The number of H-pyrrole nitrogens is 1. The highest BCUT2D eigenvalue weighted by molar-refractivity contribution is 7.15. The molecule has 0 spiro atoms. The molecule has 0 aliphatic heterocycles. The predicted octanol–water partition coefficient (Wildman–Crippen LogP) is -0.981. The maximum absolute atomic E-state index is 11.3. The molecule has 2 aromatic rings. The molecule has 0 saturated heterocycles. The van der Waals surface area contributed by atoms with E-state index in [0.717, 1.165) is 4.68 Å². The largest absolute Gasteiger partial charge is 0.374 e. The fourth-order valence-electron chi connectivity index (χ4n) is 1.05. The van der Waals surface area contributed by atoms with E-state index in [4.69, 9.17) is 5.73 Å². The zero-order valence-electron chi connectivity index (χ0n) is 7.51. The SMILES string of the molecule is Nc1nnc(Cn2[nH]c(=O)ccc2=O)s1. The number of nitrogens with two attached hydrogens (primary N) is 1. The van der Waals surface area contributed by atoms with Crippen molar-refractivity contribution in [3.63, 3.8) is 0 Å². The van der Waals surface area contributed by atoms with Gasteiger partial charge in [0.2, 0.25) is 5.13 Å². The summed E-state index contributed by atoms with van der Waals surface area (Å²) < 4.78 is 1.16. The highest BCUT2D eigenvalue weighted by Gasteiger charge is 2.03. The first-order chi connectivity index (χ1) is 7.15. The Morgan fingerprint density at radius 2 is 2.20 bits per heavy atom. The van der Waals surface area contributed by atoms with E-state index in [0.29, 0.717) is 10.1 Å². The standard InChI is InChI=1S/C7H7N5O2S/c8-7-10-9-5(15-7)3-12-6(14)2-1-4(13)11-12/h1-2H,3H2,(H2,8,10)(H,11,13). The van der Waals surface area contributed by atoms with Crippen molar-refractivity contribution in [1.82, 2.24) is 20.0 Å². The molecule has 0 atom stereocenters. The summed E-state index contributed by atoms with van der Waals surface area (Å²) >= 11 is 1.17. The molecule has 7 nitrogen and oxygen atoms in total. The van der Waals surface area contributed by atoms with Gasteiger partial charge in [-0.15, -0.1) is 10.2 Å². The minimum absolute atomic E-state index is 0.170. The zero-order valence-corrected chi connectivity index (χ0v) is 8.32. The van der Waals surface area contributed by atoms with E-state index in [1.54, 1.807) is 0 Å². The summed E-state index contributed by atoms with van der Waals surface area (Å²) in [5.41, 5.74) is 4.74. The van der Waals surface area contributed by atoms with E-state index in [1.165, 1.54) is 23.5 Å². The van der Waals surface area contributed by atoms with Crippen LogP contribution in [0.15, 0.2) is 21.7 Å². The third kappa shape index (κ3) is 2.10. The van der Waals surface area contributed by atoms with E-state index < -0.39 is 0 Å². The lowest BCUT2D eigenvalue weighted by Crippen LogP contribution is -2.28. The minimum atomic E-state index is -0.341. The number of nitrogens with one attached hydrogen (secondary N) is 1. The van der Waals surface area contributed by atoms with Crippen molar-refractivity contribution in [2.75, 3.05) is 5.73 Å². The van der Waals surface area contributed by atoms with Crippen LogP contribution in [0.4, 0.5) is 5.13 Å². The van der Waals surface area contributed by atoms with Crippen LogP contribution in [0.3, 0.4) is 0 Å². The quantitative estimate of drug-likeness (QED) is 0.683. The summed E-state index contributed by atoms with van der Waals surface area (Å²) in [4.78, 5) is 22.3. The van der Waals surface area contributed by atoms with E-state index >= 15 is 0 Å². The van der Waals surface area contributed by atoms with E-state index in [9.17, 15) is 9.59 Å². The first-order valence-corrected chi connectivity index (χ1v) is 4.85. The van der Waals surface area contributed by atoms with Crippen LogP contribution in [0.1, 0.15) is 5.01 Å². The number of nitrogen functional groups attached to an aromatic ring is 1. The van der Waals surface area contributed by atoms with E-state index in [2.05, 4.69) is 15.3 Å². The molecule has 2 aromatic heterocycles. The third-order valence-corrected chi connectivity index (χ3v) is 2.40. The van der Waals surface area contributed by atoms with Crippen LogP contribution in [-0.2, 0) is 6.54 Å². The Hall–Kier alpha value is -1.96. The summed E-state index contributed by atoms with van der Waals surface area (Å²) in [6, 6.07) is 2.37. The Kier molecular flexibility index (Phi) is 2.34. The van der Waals surface area contributed by atoms with Gasteiger partial charge in [0.05, 0.1) is 6.54 Å². The average molecular weight is 225 g/mol. The number of aromatic amines is 1. The molecule has 0 aromatic carbocycles. The molecular formula is C7H7N5O2S. The lowest BCUT2D eigenvalue weighted by Gasteiger charge is -1.99. The normalized spacial score (nSPS) is 10.4. The monoisotopic (exact) mass is 225 g/mol. The van der Waals surface area contributed by atoms with Gasteiger partial charge in [0.1, 0.15) is 5.01 Å². The second-order valence-corrected chi connectivity index (χ2v) is 3.86. The van der Waals surface area contributed by atoms with Crippen molar-refractivity contribution in [3.05, 3.63) is 37.8 Å². The van der Waals surface area contributed by atoms with E-state index in [1.807, 2.05) is 0 Å². The topological polar surface area (TPSA) is 107 Å². The molecular weight excluding hydrogens is 218 g/mol. The van der Waals surface area contributed by atoms with Crippen LogP contribution in [0, 0.1) is 0 Å². The molecule has 0 aliphatic rings. The van der Waals surface area contributed by atoms with Gasteiger partial charge >= 0.3 is 0 Å².